The van der Waals surface area contributed by atoms with Crippen molar-refractivity contribution < 1.29 is 9.72 Å². The molecule has 0 radical (unpaired) electrons. The Hall–Kier alpha value is -3.81. The van der Waals surface area contributed by atoms with E-state index in [-0.39, 0.29) is 11.4 Å². The summed E-state index contributed by atoms with van der Waals surface area (Å²) in [7, 11) is 0. The van der Waals surface area contributed by atoms with Crippen molar-refractivity contribution in [3.63, 3.8) is 0 Å². The molecule has 8 nitrogen and oxygen atoms in total. The van der Waals surface area contributed by atoms with Gasteiger partial charge in [0.15, 0.2) is 11.5 Å². The molecular formula is C23H23N5O3. The number of nitro benzene ring substituents is 1. The number of rotatable bonds is 6. The number of anilines is 2. The van der Waals surface area contributed by atoms with Gasteiger partial charge >= 0.3 is 0 Å². The van der Waals surface area contributed by atoms with Crippen LogP contribution in [0.1, 0.15) is 28.9 Å². The number of carbonyl (C=O) groups excluding carboxylic acids is 1. The number of aromatic nitrogens is 2. The van der Waals surface area contributed by atoms with Crippen LogP contribution in [0.25, 0.3) is 0 Å². The predicted octanol–water partition coefficient (Wildman–Crippen LogP) is 4.10. The molecular weight excluding hydrogens is 394 g/mol. The van der Waals surface area contributed by atoms with Gasteiger partial charge < -0.3 is 10.2 Å². The zero-order chi connectivity index (χ0) is 21.6. The lowest BCUT2D eigenvalue weighted by molar-refractivity contribution is -0.384. The van der Waals surface area contributed by atoms with Gasteiger partial charge in [-0.1, -0.05) is 30.3 Å². The lowest BCUT2D eigenvalue weighted by atomic mass is 9.90. The van der Waals surface area contributed by atoms with Gasteiger partial charge in [0.05, 0.1) is 4.92 Å². The van der Waals surface area contributed by atoms with Crippen LogP contribution in [0.2, 0.25) is 0 Å². The predicted molar refractivity (Wildman–Crippen MR) is 118 cm³/mol. The standard InChI is InChI=1S/C23H23N5O3/c29-23(24-19-6-8-20(9-7-19)28(30)31)21-10-11-22(26-25-21)27-14-12-18(13-15-27)16-17-4-2-1-3-5-17/h1-11,18H,12-16H2,(H,24,29). The summed E-state index contributed by atoms with van der Waals surface area (Å²) in [5.74, 6) is 1.03. The minimum atomic E-state index is -0.486. The molecule has 0 saturated carbocycles. The number of hydrogen-bond acceptors (Lipinski definition) is 6. The van der Waals surface area contributed by atoms with E-state index in [1.165, 1.54) is 29.8 Å². The van der Waals surface area contributed by atoms with E-state index in [1.54, 1.807) is 6.07 Å². The third kappa shape index (κ3) is 5.22. The summed E-state index contributed by atoms with van der Waals surface area (Å²) < 4.78 is 0. The Morgan fingerprint density at radius 1 is 1.00 bits per heavy atom. The van der Waals surface area contributed by atoms with Crippen molar-refractivity contribution in [2.24, 2.45) is 5.92 Å². The highest BCUT2D eigenvalue weighted by atomic mass is 16.6. The second-order valence-electron chi connectivity index (χ2n) is 7.66. The van der Waals surface area contributed by atoms with Gasteiger partial charge in [-0.25, -0.2) is 0 Å². The van der Waals surface area contributed by atoms with E-state index in [0.717, 1.165) is 38.2 Å². The summed E-state index contributed by atoms with van der Waals surface area (Å²) in [6.07, 6.45) is 3.29. The van der Waals surface area contributed by atoms with Crippen LogP contribution in [-0.4, -0.2) is 34.1 Å². The second kappa shape index (κ2) is 9.34. The summed E-state index contributed by atoms with van der Waals surface area (Å²) in [6.45, 7) is 1.83. The molecule has 1 aromatic heterocycles. The molecule has 0 aliphatic carbocycles. The minimum Gasteiger partial charge on any atom is -0.355 e. The number of non-ortho nitro benzene ring substituents is 1. The van der Waals surface area contributed by atoms with Crippen molar-refractivity contribution >= 4 is 23.1 Å². The molecule has 31 heavy (non-hydrogen) atoms. The molecule has 0 spiro atoms. The van der Waals surface area contributed by atoms with Gasteiger partial charge in [0.1, 0.15) is 0 Å². The van der Waals surface area contributed by atoms with Crippen LogP contribution < -0.4 is 10.2 Å². The number of hydrogen-bond donors (Lipinski definition) is 1. The summed E-state index contributed by atoms with van der Waals surface area (Å²) in [6, 6.07) is 19.7. The smallest absolute Gasteiger partial charge is 0.276 e. The van der Waals surface area contributed by atoms with Gasteiger partial charge in [-0.3, -0.25) is 14.9 Å². The van der Waals surface area contributed by atoms with Crippen LogP contribution in [0.5, 0.6) is 0 Å². The van der Waals surface area contributed by atoms with E-state index in [4.69, 9.17) is 0 Å². The molecule has 0 unspecified atom stereocenters. The Kier molecular flexibility index (Phi) is 6.16. The monoisotopic (exact) mass is 417 g/mol. The first-order valence-corrected chi connectivity index (χ1v) is 10.3. The molecule has 0 atom stereocenters. The van der Waals surface area contributed by atoms with Crippen LogP contribution in [0.15, 0.2) is 66.7 Å². The van der Waals surface area contributed by atoms with Crippen molar-refractivity contribution in [2.75, 3.05) is 23.3 Å². The molecule has 4 rings (SSSR count). The number of nitrogens with one attached hydrogen (secondary N) is 1. The molecule has 158 valence electrons. The third-order valence-electron chi connectivity index (χ3n) is 5.52. The average Bonchev–Trinajstić information content (AvgIpc) is 2.81. The first kappa shape index (κ1) is 20.5. The number of benzene rings is 2. The number of nitro groups is 1. The molecule has 1 fully saturated rings. The van der Waals surface area contributed by atoms with Crippen LogP contribution in [0.4, 0.5) is 17.2 Å². The number of nitrogens with zero attached hydrogens (tertiary/aromatic N) is 4. The van der Waals surface area contributed by atoms with Crippen molar-refractivity contribution in [2.45, 2.75) is 19.3 Å². The van der Waals surface area contributed by atoms with Crippen LogP contribution >= 0.6 is 0 Å². The Morgan fingerprint density at radius 3 is 2.32 bits per heavy atom. The molecule has 3 aromatic rings. The van der Waals surface area contributed by atoms with E-state index in [9.17, 15) is 14.9 Å². The van der Waals surface area contributed by atoms with E-state index in [1.807, 2.05) is 12.1 Å². The fourth-order valence-electron chi connectivity index (χ4n) is 3.79. The first-order valence-electron chi connectivity index (χ1n) is 10.3. The lowest BCUT2D eigenvalue weighted by Crippen LogP contribution is -2.35. The molecule has 2 aromatic carbocycles. The molecule has 1 saturated heterocycles. The molecule has 1 amide bonds. The summed E-state index contributed by atoms with van der Waals surface area (Å²) in [5, 5.41) is 21.7. The maximum absolute atomic E-state index is 12.4. The maximum Gasteiger partial charge on any atom is 0.276 e. The van der Waals surface area contributed by atoms with E-state index < -0.39 is 10.8 Å². The number of carbonyl (C=O) groups is 1. The fraction of sp³-hybridized carbons (Fsp3) is 0.261. The fourth-order valence-corrected chi connectivity index (χ4v) is 3.79. The van der Waals surface area contributed by atoms with Gasteiger partial charge in [-0.05, 0) is 55.0 Å². The molecule has 0 bridgehead atoms. The summed E-state index contributed by atoms with van der Waals surface area (Å²) in [4.78, 5) is 24.8. The quantitative estimate of drug-likeness (QED) is 0.479. The first-order chi connectivity index (χ1) is 15.1. The average molecular weight is 417 g/mol. The topological polar surface area (TPSA) is 101 Å². The van der Waals surface area contributed by atoms with Crippen LogP contribution in [0.3, 0.4) is 0 Å². The van der Waals surface area contributed by atoms with Gasteiger partial charge in [0.2, 0.25) is 0 Å². The lowest BCUT2D eigenvalue weighted by Gasteiger charge is -2.32. The van der Waals surface area contributed by atoms with Crippen LogP contribution in [0, 0.1) is 16.0 Å². The maximum atomic E-state index is 12.4. The highest BCUT2D eigenvalue weighted by molar-refractivity contribution is 6.02. The SMILES string of the molecule is O=C(Nc1ccc([N+](=O)[O-])cc1)c1ccc(N2CCC(Cc3ccccc3)CC2)nn1. The Labute approximate surface area is 180 Å². The van der Waals surface area contributed by atoms with Gasteiger partial charge in [0.25, 0.3) is 11.6 Å². The van der Waals surface area contributed by atoms with Crippen molar-refractivity contribution in [1.82, 2.24) is 10.2 Å². The third-order valence-corrected chi connectivity index (χ3v) is 5.52. The largest absolute Gasteiger partial charge is 0.355 e. The van der Waals surface area contributed by atoms with E-state index >= 15 is 0 Å². The van der Waals surface area contributed by atoms with Crippen molar-refractivity contribution in [3.05, 3.63) is 88.1 Å². The highest BCUT2D eigenvalue weighted by Crippen LogP contribution is 2.24. The van der Waals surface area contributed by atoms with Gasteiger partial charge in [0, 0.05) is 30.9 Å². The Balaban J connectivity index is 1.31. The van der Waals surface area contributed by atoms with E-state index in [0.29, 0.717) is 11.6 Å². The Morgan fingerprint density at radius 2 is 1.71 bits per heavy atom. The summed E-state index contributed by atoms with van der Waals surface area (Å²) in [5.41, 5.74) is 2.00. The van der Waals surface area contributed by atoms with Crippen LogP contribution in [-0.2, 0) is 6.42 Å². The van der Waals surface area contributed by atoms with Gasteiger partial charge in [-0.15, -0.1) is 10.2 Å². The Bertz CT molecular complexity index is 1030. The normalized spacial score (nSPS) is 14.3. The summed E-state index contributed by atoms with van der Waals surface area (Å²) >= 11 is 0. The molecule has 1 aliphatic rings. The molecule has 1 aliphatic heterocycles. The van der Waals surface area contributed by atoms with Crippen molar-refractivity contribution in [3.8, 4) is 0 Å². The van der Waals surface area contributed by atoms with Gasteiger partial charge in [-0.2, -0.15) is 0 Å². The highest BCUT2D eigenvalue weighted by Gasteiger charge is 2.21. The number of amides is 1. The number of piperidine rings is 1. The van der Waals surface area contributed by atoms with E-state index in [2.05, 4.69) is 44.7 Å². The zero-order valence-electron chi connectivity index (χ0n) is 17.0. The molecule has 2 heterocycles. The zero-order valence-corrected chi connectivity index (χ0v) is 17.0. The van der Waals surface area contributed by atoms with Crippen molar-refractivity contribution in [1.29, 1.82) is 0 Å². The molecule has 1 N–H and O–H groups in total. The molecule has 8 heteroatoms. The second-order valence-corrected chi connectivity index (χ2v) is 7.66. The minimum absolute atomic E-state index is 0.0327.